The van der Waals surface area contributed by atoms with E-state index in [1.807, 2.05) is 0 Å². The normalized spacial score (nSPS) is 12.0. The Bertz CT molecular complexity index is 568. The van der Waals surface area contributed by atoms with E-state index in [1.54, 1.807) is 0 Å². The topological polar surface area (TPSA) is 98.2 Å². The Morgan fingerprint density at radius 2 is 1.81 bits per heavy atom. The van der Waals surface area contributed by atoms with Gasteiger partial charge in [0.1, 0.15) is 0 Å². The number of amides is 2. The van der Waals surface area contributed by atoms with Crippen molar-refractivity contribution in [2.24, 2.45) is 11.1 Å². The molecule has 2 amide bonds. The average molecular weight is 303 g/mol. The van der Waals surface area contributed by atoms with Crippen LogP contribution in [0.4, 0.5) is 18.9 Å². The molecule has 1 aromatic carbocycles. The Kier molecular flexibility index (Phi) is 4.50. The van der Waals surface area contributed by atoms with Crippen molar-refractivity contribution >= 4 is 17.5 Å². The number of carbonyl (C=O) groups excluding carboxylic acids is 2. The molecular formula is C13H16F3N3O2. The summed E-state index contributed by atoms with van der Waals surface area (Å²) in [5.74, 6) is -1.44. The van der Waals surface area contributed by atoms with E-state index < -0.39 is 34.7 Å². The number of para-hydroxylation sites is 1. The molecule has 8 heteroatoms. The van der Waals surface area contributed by atoms with Crippen LogP contribution in [0.25, 0.3) is 0 Å². The van der Waals surface area contributed by atoms with Crippen molar-refractivity contribution in [3.05, 3.63) is 29.3 Å². The molecule has 0 aromatic heterocycles. The van der Waals surface area contributed by atoms with Crippen LogP contribution in [-0.4, -0.2) is 18.4 Å². The van der Waals surface area contributed by atoms with Crippen LogP contribution in [0.15, 0.2) is 18.2 Å². The van der Waals surface area contributed by atoms with E-state index in [1.165, 1.54) is 19.9 Å². The minimum absolute atomic E-state index is 0.114. The van der Waals surface area contributed by atoms with Crippen LogP contribution in [0.1, 0.15) is 29.8 Å². The fourth-order valence-electron chi connectivity index (χ4n) is 1.49. The SMILES string of the molecule is CC(C)(CNC(=O)c1cccc(C(F)(F)F)c1N)C(N)=O. The monoisotopic (exact) mass is 303 g/mol. The summed E-state index contributed by atoms with van der Waals surface area (Å²) in [6.07, 6.45) is -4.65. The van der Waals surface area contributed by atoms with Crippen LogP contribution in [0.3, 0.4) is 0 Å². The van der Waals surface area contributed by atoms with Crippen molar-refractivity contribution in [2.75, 3.05) is 12.3 Å². The van der Waals surface area contributed by atoms with E-state index in [2.05, 4.69) is 5.32 Å². The molecule has 0 aliphatic rings. The fourth-order valence-corrected chi connectivity index (χ4v) is 1.49. The van der Waals surface area contributed by atoms with Gasteiger partial charge in [-0.1, -0.05) is 6.07 Å². The van der Waals surface area contributed by atoms with Gasteiger partial charge in [-0.3, -0.25) is 9.59 Å². The number of hydrogen-bond donors (Lipinski definition) is 3. The molecule has 0 aliphatic carbocycles. The van der Waals surface area contributed by atoms with Crippen LogP contribution in [0.2, 0.25) is 0 Å². The van der Waals surface area contributed by atoms with Crippen LogP contribution >= 0.6 is 0 Å². The number of nitrogens with one attached hydrogen (secondary N) is 1. The molecule has 5 nitrogen and oxygen atoms in total. The minimum Gasteiger partial charge on any atom is -0.398 e. The van der Waals surface area contributed by atoms with Crippen molar-refractivity contribution in [3.63, 3.8) is 0 Å². The van der Waals surface area contributed by atoms with E-state index in [0.29, 0.717) is 0 Å². The Hall–Kier alpha value is -2.25. The number of anilines is 1. The molecule has 0 radical (unpaired) electrons. The maximum atomic E-state index is 12.7. The Morgan fingerprint density at radius 3 is 2.29 bits per heavy atom. The highest BCUT2D eigenvalue weighted by Crippen LogP contribution is 2.34. The largest absolute Gasteiger partial charge is 0.418 e. The third-order valence-corrected chi connectivity index (χ3v) is 3.01. The molecule has 0 atom stereocenters. The molecular weight excluding hydrogens is 287 g/mol. The predicted molar refractivity (Wildman–Crippen MR) is 71.2 cm³/mol. The average Bonchev–Trinajstić information content (AvgIpc) is 2.34. The van der Waals surface area contributed by atoms with Crippen LogP contribution in [0.5, 0.6) is 0 Å². The zero-order chi connectivity index (χ0) is 16.4. The summed E-state index contributed by atoms with van der Waals surface area (Å²) in [4.78, 5) is 23.0. The van der Waals surface area contributed by atoms with Gasteiger partial charge in [0.25, 0.3) is 5.91 Å². The Labute approximate surface area is 119 Å². The van der Waals surface area contributed by atoms with Crippen molar-refractivity contribution in [1.82, 2.24) is 5.32 Å². The van der Waals surface area contributed by atoms with E-state index in [0.717, 1.165) is 12.1 Å². The molecule has 0 spiro atoms. The number of primary amides is 1. The predicted octanol–water partition coefficient (Wildman–Crippen LogP) is 1.53. The summed E-state index contributed by atoms with van der Waals surface area (Å²) in [6, 6.07) is 3.06. The lowest BCUT2D eigenvalue weighted by atomic mass is 9.92. The highest BCUT2D eigenvalue weighted by molar-refractivity contribution is 6.00. The molecule has 0 saturated carbocycles. The Balaban J connectivity index is 2.97. The van der Waals surface area contributed by atoms with E-state index >= 15 is 0 Å². The molecule has 0 fully saturated rings. The lowest BCUT2D eigenvalue weighted by molar-refractivity contribution is -0.137. The standard InChI is InChI=1S/C13H16F3N3O2/c1-12(2,11(18)21)6-19-10(20)7-4-3-5-8(9(7)17)13(14,15)16/h3-5H,6,17H2,1-2H3,(H2,18,21)(H,19,20). The summed E-state index contributed by atoms with van der Waals surface area (Å²) < 4.78 is 38.1. The quantitative estimate of drug-likeness (QED) is 0.736. The summed E-state index contributed by atoms with van der Waals surface area (Å²) >= 11 is 0. The molecule has 21 heavy (non-hydrogen) atoms. The van der Waals surface area contributed by atoms with Crippen LogP contribution in [0, 0.1) is 5.41 Å². The number of halogens is 3. The maximum absolute atomic E-state index is 12.7. The van der Waals surface area contributed by atoms with Crippen molar-refractivity contribution < 1.29 is 22.8 Å². The smallest absolute Gasteiger partial charge is 0.398 e. The number of carbonyl (C=O) groups is 2. The number of rotatable bonds is 4. The molecule has 0 bridgehead atoms. The van der Waals surface area contributed by atoms with Gasteiger partial charge in [0.05, 0.1) is 22.2 Å². The first-order valence-corrected chi connectivity index (χ1v) is 6.00. The fraction of sp³-hybridized carbons (Fsp3) is 0.385. The van der Waals surface area contributed by atoms with Crippen LogP contribution in [-0.2, 0) is 11.0 Å². The number of nitrogens with two attached hydrogens (primary N) is 2. The third kappa shape index (κ3) is 3.87. The summed E-state index contributed by atoms with van der Waals surface area (Å²) in [5.41, 5.74) is 7.48. The van der Waals surface area contributed by atoms with Gasteiger partial charge in [-0.25, -0.2) is 0 Å². The van der Waals surface area contributed by atoms with E-state index in [-0.39, 0.29) is 12.1 Å². The first-order chi connectivity index (χ1) is 9.47. The van der Waals surface area contributed by atoms with Gasteiger partial charge in [0, 0.05) is 6.54 Å². The van der Waals surface area contributed by atoms with Gasteiger partial charge in [-0.15, -0.1) is 0 Å². The number of hydrogen-bond acceptors (Lipinski definition) is 3. The van der Waals surface area contributed by atoms with Crippen molar-refractivity contribution in [1.29, 1.82) is 0 Å². The van der Waals surface area contributed by atoms with Gasteiger partial charge < -0.3 is 16.8 Å². The van der Waals surface area contributed by atoms with Crippen molar-refractivity contribution in [2.45, 2.75) is 20.0 Å². The van der Waals surface area contributed by atoms with E-state index in [4.69, 9.17) is 11.5 Å². The number of benzene rings is 1. The summed E-state index contributed by atoms with van der Waals surface area (Å²) in [6.45, 7) is 2.90. The first-order valence-electron chi connectivity index (χ1n) is 6.00. The second kappa shape index (κ2) is 5.63. The Morgan fingerprint density at radius 1 is 1.24 bits per heavy atom. The summed E-state index contributed by atoms with van der Waals surface area (Å²) in [7, 11) is 0. The molecule has 0 unspecified atom stereocenters. The van der Waals surface area contributed by atoms with Gasteiger partial charge in [-0.05, 0) is 26.0 Å². The van der Waals surface area contributed by atoms with Crippen LogP contribution < -0.4 is 16.8 Å². The highest BCUT2D eigenvalue weighted by atomic mass is 19.4. The van der Waals surface area contributed by atoms with E-state index in [9.17, 15) is 22.8 Å². The zero-order valence-corrected chi connectivity index (χ0v) is 11.5. The molecule has 0 aliphatic heterocycles. The number of nitrogen functional groups attached to an aromatic ring is 1. The second-order valence-corrected chi connectivity index (χ2v) is 5.20. The zero-order valence-electron chi connectivity index (χ0n) is 11.5. The number of alkyl halides is 3. The summed E-state index contributed by atoms with van der Waals surface area (Å²) in [5, 5.41) is 2.35. The molecule has 5 N–H and O–H groups in total. The van der Waals surface area contributed by atoms with Crippen molar-refractivity contribution in [3.8, 4) is 0 Å². The highest BCUT2D eigenvalue weighted by Gasteiger charge is 2.34. The lowest BCUT2D eigenvalue weighted by Gasteiger charge is -2.21. The van der Waals surface area contributed by atoms with Gasteiger partial charge in [0.2, 0.25) is 5.91 Å². The maximum Gasteiger partial charge on any atom is 0.418 e. The van der Waals surface area contributed by atoms with Gasteiger partial charge in [0.15, 0.2) is 0 Å². The first kappa shape index (κ1) is 16.8. The third-order valence-electron chi connectivity index (χ3n) is 3.01. The molecule has 0 heterocycles. The van der Waals surface area contributed by atoms with Gasteiger partial charge in [-0.2, -0.15) is 13.2 Å². The lowest BCUT2D eigenvalue weighted by Crippen LogP contribution is -2.42. The second-order valence-electron chi connectivity index (χ2n) is 5.20. The molecule has 1 rings (SSSR count). The molecule has 0 saturated heterocycles. The molecule has 116 valence electrons. The minimum atomic E-state index is -4.65. The molecule has 1 aromatic rings. The van der Waals surface area contributed by atoms with Gasteiger partial charge >= 0.3 is 6.18 Å².